The van der Waals surface area contributed by atoms with E-state index in [2.05, 4.69) is 125 Å². The molecule has 5 rings (SSSR count). The highest BCUT2D eigenvalue weighted by atomic mass is 19.4. The molecule has 61 heavy (non-hydrogen) atoms. The van der Waals surface area contributed by atoms with Crippen molar-refractivity contribution in [2.45, 2.75) is 133 Å². The number of hydrogen-bond acceptors (Lipinski definition) is 12. The van der Waals surface area contributed by atoms with Crippen molar-refractivity contribution in [3.05, 3.63) is 105 Å². The van der Waals surface area contributed by atoms with Crippen molar-refractivity contribution in [1.29, 1.82) is 0 Å². The topological polar surface area (TPSA) is 222 Å². The number of nitrogens with two attached hydrogens (primary N) is 3. The molecule has 0 saturated heterocycles. The van der Waals surface area contributed by atoms with Gasteiger partial charge < -0.3 is 22.5 Å². The predicted molar refractivity (Wildman–Crippen MR) is 240 cm³/mol. The maximum Gasteiger partial charge on any atom is 0.433 e. The van der Waals surface area contributed by atoms with Crippen molar-refractivity contribution >= 4 is 29.7 Å². The van der Waals surface area contributed by atoms with Crippen molar-refractivity contribution in [2.75, 3.05) is 29.6 Å². The summed E-state index contributed by atoms with van der Waals surface area (Å²) in [5.41, 5.74) is 24.3. The molecule has 0 aliphatic heterocycles. The van der Waals surface area contributed by atoms with Gasteiger partial charge >= 0.3 is 12.2 Å². The second kappa shape index (κ2) is 24.9. The number of alkyl halides is 3. The van der Waals surface area contributed by atoms with Gasteiger partial charge in [0.15, 0.2) is 5.69 Å². The lowest BCUT2D eigenvalue weighted by molar-refractivity contribution is -0.142. The van der Waals surface area contributed by atoms with Crippen LogP contribution in [-0.4, -0.2) is 53.0 Å². The number of urea groups is 1. The first-order valence-electron chi connectivity index (χ1n) is 20.0. The SMILES string of the molecule is CC(C)c1cnc(N)nc1C(F)(F)F.CNC(=O)Nc1ncc(C(C)C)cn1.Cc1ccc(C(C)C)c(C)n1.Cc1nc(N)ccc1C(C)C.Cc1nc(N)ncc1C(C)C. The van der Waals surface area contributed by atoms with Gasteiger partial charge in [0.2, 0.25) is 17.8 Å². The summed E-state index contributed by atoms with van der Waals surface area (Å²) in [4.78, 5) is 42.2. The zero-order chi connectivity index (χ0) is 46.8. The van der Waals surface area contributed by atoms with Crippen LogP contribution in [0.15, 0.2) is 49.1 Å². The molecule has 14 nitrogen and oxygen atoms in total. The molecule has 0 aromatic carbocycles. The molecule has 0 bridgehead atoms. The number of anilines is 4. The molecule has 0 atom stereocenters. The minimum Gasteiger partial charge on any atom is -0.384 e. The Morgan fingerprint density at radius 1 is 0.557 bits per heavy atom. The fourth-order valence-corrected chi connectivity index (χ4v) is 5.49. The van der Waals surface area contributed by atoms with Gasteiger partial charge in [-0.3, -0.25) is 10.3 Å². The quantitative estimate of drug-likeness (QED) is 0.108. The normalized spacial score (nSPS) is 10.8. The third kappa shape index (κ3) is 18.9. The van der Waals surface area contributed by atoms with Gasteiger partial charge in [-0.25, -0.2) is 39.7 Å². The highest BCUT2D eigenvalue weighted by molar-refractivity contribution is 5.86. The van der Waals surface area contributed by atoms with Crippen LogP contribution in [0.25, 0.3) is 0 Å². The predicted octanol–water partition coefficient (Wildman–Crippen LogP) is 9.96. The summed E-state index contributed by atoms with van der Waals surface area (Å²) in [6, 6.07) is 7.82. The summed E-state index contributed by atoms with van der Waals surface area (Å²) >= 11 is 0. The third-order valence-corrected chi connectivity index (χ3v) is 8.83. The average Bonchev–Trinajstić information content (AvgIpc) is 3.15. The minimum atomic E-state index is -4.48. The highest BCUT2D eigenvalue weighted by Crippen LogP contribution is 2.33. The van der Waals surface area contributed by atoms with Gasteiger partial charge in [-0.15, -0.1) is 0 Å². The standard InChI is InChI=1S/C10H15N.C9H14N4O.C9H14N2.C8H10F3N3.C8H13N3/c1-7(2)10-6-5-8(3)11-9(10)4;1-6(2)7-4-11-8(12-5-7)13-9(14)10-3;1-6(2)8-4-5-9(10)11-7(8)3;1-4(2)5-3-13-7(12)14-6(5)8(9,10)11;1-5(2)7-4-10-8(9)11-6(7)3/h5-7H,1-4H3;4-6H,1-3H3,(H2,10,11,12,13,14);4-6H,1-3H3,(H2,10,11);3-4H,1-2H3,(H2,12,13,14);4-5H,1-3H3,(H2,9,10,11). The van der Waals surface area contributed by atoms with Crippen LogP contribution < -0.4 is 27.8 Å². The number of pyridine rings is 2. The Kier molecular flexibility index (Phi) is 21.7. The van der Waals surface area contributed by atoms with Gasteiger partial charge in [0, 0.05) is 60.2 Å². The summed E-state index contributed by atoms with van der Waals surface area (Å²) in [5.74, 6) is 2.60. The monoisotopic (exact) mass is 850 g/mol. The fraction of sp³-hybridized carbons (Fsp3) is 0.477. The molecule has 0 spiro atoms. The van der Waals surface area contributed by atoms with Crippen molar-refractivity contribution in [3.63, 3.8) is 0 Å². The zero-order valence-electron chi connectivity index (χ0n) is 38.4. The van der Waals surface area contributed by atoms with Gasteiger partial charge in [0.25, 0.3) is 0 Å². The lowest BCUT2D eigenvalue weighted by atomic mass is 10.0. The molecule has 0 unspecified atom stereocenters. The minimum absolute atomic E-state index is 0.0618. The molecule has 5 aromatic rings. The summed E-state index contributed by atoms with van der Waals surface area (Å²) in [6.07, 6.45) is 1.86. The zero-order valence-corrected chi connectivity index (χ0v) is 38.4. The molecule has 0 fully saturated rings. The summed E-state index contributed by atoms with van der Waals surface area (Å²) in [7, 11) is 1.54. The molecule has 8 N–H and O–H groups in total. The maximum absolute atomic E-state index is 12.4. The van der Waals surface area contributed by atoms with E-state index in [0.29, 0.717) is 41.4 Å². The Hall–Kier alpha value is -6.00. The molecule has 0 saturated carbocycles. The van der Waals surface area contributed by atoms with Gasteiger partial charge in [-0.2, -0.15) is 13.2 Å². The lowest BCUT2D eigenvalue weighted by Crippen LogP contribution is -2.25. The number of nitrogen functional groups attached to an aromatic ring is 3. The number of carbonyl (C=O) groups is 1. The van der Waals surface area contributed by atoms with Gasteiger partial charge in [-0.05, 0) is 91.7 Å². The van der Waals surface area contributed by atoms with Crippen LogP contribution in [0.3, 0.4) is 0 Å². The van der Waals surface area contributed by atoms with Crippen molar-refractivity contribution < 1.29 is 18.0 Å². The van der Waals surface area contributed by atoms with Crippen LogP contribution in [0.5, 0.6) is 0 Å². The Morgan fingerprint density at radius 2 is 1.00 bits per heavy atom. The number of carbonyl (C=O) groups excluding carboxylic acids is 1. The Labute approximate surface area is 359 Å². The molecule has 17 heteroatoms. The van der Waals surface area contributed by atoms with E-state index in [9.17, 15) is 18.0 Å². The van der Waals surface area contributed by atoms with E-state index < -0.39 is 11.9 Å². The maximum atomic E-state index is 12.4. The van der Waals surface area contributed by atoms with Crippen LogP contribution in [0, 0.1) is 27.7 Å². The molecular formula is C44H66F3N13O. The first-order chi connectivity index (χ1) is 28.3. The molecule has 5 aromatic heterocycles. The van der Waals surface area contributed by atoms with E-state index in [4.69, 9.17) is 17.2 Å². The Balaban J connectivity index is 0.000000383. The molecule has 2 amide bonds. The van der Waals surface area contributed by atoms with Gasteiger partial charge in [-0.1, -0.05) is 81.4 Å². The third-order valence-electron chi connectivity index (χ3n) is 8.83. The molecule has 0 radical (unpaired) electrons. The van der Waals surface area contributed by atoms with Crippen molar-refractivity contribution in [1.82, 2.24) is 45.2 Å². The number of halogens is 3. The smallest absolute Gasteiger partial charge is 0.384 e. The summed E-state index contributed by atoms with van der Waals surface area (Å²) in [6.45, 7) is 28.4. The molecule has 334 valence electrons. The highest BCUT2D eigenvalue weighted by Gasteiger charge is 2.36. The van der Waals surface area contributed by atoms with Crippen LogP contribution in [0.2, 0.25) is 0 Å². The summed E-state index contributed by atoms with van der Waals surface area (Å²) < 4.78 is 37.3. The lowest BCUT2D eigenvalue weighted by Gasteiger charge is -2.13. The first-order valence-corrected chi connectivity index (χ1v) is 20.0. The van der Waals surface area contributed by atoms with E-state index in [1.54, 1.807) is 32.4 Å². The van der Waals surface area contributed by atoms with Crippen LogP contribution >= 0.6 is 0 Å². The number of amides is 2. The molecule has 5 heterocycles. The average molecular weight is 850 g/mol. The van der Waals surface area contributed by atoms with Gasteiger partial charge in [0.05, 0.1) is 0 Å². The number of nitrogens with zero attached hydrogens (tertiary/aromatic N) is 8. The van der Waals surface area contributed by atoms with Crippen molar-refractivity contribution in [2.24, 2.45) is 0 Å². The second-order valence-electron chi connectivity index (χ2n) is 15.7. The van der Waals surface area contributed by atoms with E-state index in [-0.39, 0.29) is 23.5 Å². The molecular weight excluding hydrogens is 784 g/mol. The Bertz CT molecular complexity index is 1970. The number of rotatable bonds is 6. The Morgan fingerprint density at radius 3 is 1.41 bits per heavy atom. The number of nitrogens with one attached hydrogen (secondary N) is 2. The van der Waals surface area contributed by atoms with E-state index in [1.165, 1.54) is 29.4 Å². The molecule has 0 aliphatic rings. The van der Waals surface area contributed by atoms with Crippen LogP contribution in [0.4, 0.5) is 41.6 Å². The van der Waals surface area contributed by atoms with E-state index in [1.807, 2.05) is 32.9 Å². The summed E-state index contributed by atoms with van der Waals surface area (Å²) in [5, 5.41) is 4.91. The largest absolute Gasteiger partial charge is 0.433 e. The number of aromatic nitrogens is 8. The van der Waals surface area contributed by atoms with Gasteiger partial charge in [0.1, 0.15) is 5.82 Å². The number of aryl methyl sites for hydroxylation is 4. The fourth-order valence-electron chi connectivity index (χ4n) is 5.49. The van der Waals surface area contributed by atoms with E-state index >= 15 is 0 Å². The number of hydrogen-bond donors (Lipinski definition) is 5. The van der Waals surface area contributed by atoms with E-state index in [0.717, 1.165) is 28.8 Å². The van der Waals surface area contributed by atoms with Crippen LogP contribution in [0.1, 0.15) is 155 Å². The second-order valence-corrected chi connectivity index (χ2v) is 15.7. The van der Waals surface area contributed by atoms with Crippen molar-refractivity contribution in [3.8, 4) is 0 Å². The first kappa shape index (κ1) is 53.0. The molecule has 0 aliphatic carbocycles. The van der Waals surface area contributed by atoms with Crippen LogP contribution in [-0.2, 0) is 6.18 Å².